The van der Waals surface area contributed by atoms with E-state index in [1.807, 2.05) is 19.0 Å². The summed E-state index contributed by atoms with van der Waals surface area (Å²) in [5.41, 5.74) is 0.575. The maximum atomic E-state index is 13.0. The van der Waals surface area contributed by atoms with Crippen LogP contribution in [-0.4, -0.2) is 73.3 Å². The van der Waals surface area contributed by atoms with Crippen molar-refractivity contribution in [2.45, 2.75) is 12.8 Å². The third-order valence-corrected chi connectivity index (χ3v) is 5.96. The predicted octanol–water partition coefficient (Wildman–Crippen LogP) is 2.42. The van der Waals surface area contributed by atoms with E-state index < -0.39 is 0 Å². The minimum atomic E-state index is -0.361. The van der Waals surface area contributed by atoms with Crippen molar-refractivity contribution < 1.29 is 19.1 Å². The van der Waals surface area contributed by atoms with Gasteiger partial charge in [0.25, 0.3) is 0 Å². The van der Waals surface area contributed by atoms with E-state index >= 15 is 0 Å². The first-order chi connectivity index (χ1) is 13.3. The first kappa shape index (κ1) is 23.3. The largest absolute Gasteiger partial charge is 0.494 e. The number of likely N-dealkylation sites (tertiary alicyclic amines) is 1. The number of fused-ring (bicyclic) bond motifs is 1. The van der Waals surface area contributed by atoms with Crippen molar-refractivity contribution in [3.63, 3.8) is 0 Å². The van der Waals surface area contributed by atoms with Crippen molar-refractivity contribution in [3.05, 3.63) is 17.2 Å². The van der Waals surface area contributed by atoms with E-state index in [0.717, 1.165) is 4.90 Å². The lowest BCUT2D eigenvalue weighted by atomic mass is 10.3. The highest BCUT2D eigenvalue weighted by molar-refractivity contribution is 7.23. The van der Waals surface area contributed by atoms with Gasteiger partial charge in [-0.05, 0) is 26.2 Å². The SMILES string of the molecule is COc1ccc(Cl)c2sc(N(CCN(C)C)C(=O)CN3C(=O)CCC3=O)nc12.Cl. The number of likely N-dealkylation sites (N-methyl/N-ethyl adjacent to an activating group) is 1. The van der Waals surface area contributed by atoms with Gasteiger partial charge in [0, 0.05) is 25.9 Å². The van der Waals surface area contributed by atoms with Crippen LogP contribution in [0.15, 0.2) is 12.1 Å². The zero-order valence-electron chi connectivity index (χ0n) is 16.3. The fraction of sp³-hybridized carbons (Fsp3) is 0.444. The number of anilines is 1. The predicted molar refractivity (Wildman–Crippen MR) is 115 cm³/mol. The summed E-state index contributed by atoms with van der Waals surface area (Å²) in [7, 11) is 5.34. The van der Waals surface area contributed by atoms with Crippen LogP contribution in [0.5, 0.6) is 5.75 Å². The van der Waals surface area contributed by atoms with Gasteiger partial charge in [-0.15, -0.1) is 12.4 Å². The van der Waals surface area contributed by atoms with Crippen molar-refractivity contribution in [2.75, 3.05) is 45.7 Å². The third-order valence-electron chi connectivity index (χ3n) is 4.42. The second-order valence-electron chi connectivity index (χ2n) is 6.65. The van der Waals surface area contributed by atoms with Crippen molar-refractivity contribution in [1.29, 1.82) is 0 Å². The van der Waals surface area contributed by atoms with Crippen molar-refractivity contribution in [1.82, 2.24) is 14.8 Å². The molecule has 3 amide bonds. The molecule has 1 aliphatic rings. The smallest absolute Gasteiger partial charge is 0.248 e. The van der Waals surface area contributed by atoms with Crippen LogP contribution in [0.25, 0.3) is 10.2 Å². The van der Waals surface area contributed by atoms with Gasteiger partial charge in [0.05, 0.1) is 16.8 Å². The molecule has 2 heterocycles. The van der Waals surface area contributed by atoms with E-state index in [-0.39, 0.29) is 49.5 Å². The maximum Gasteiger partial charge on any atom is 0.248 e. The van der Waals surface area contributed by atoms with E-state index in [9.17, 15) is 14.4 Å². The van der Waals surface area contributed by atoms with Crippen molar-refractivity contribution in [3.8, 4) is 5.75 Å². The van der Waals surface area contributed by atoms with Gasteiger partial charge in [-0.3, -0.25) is 24.2 Å². The lowest BCUT2D eigenvalue weighted by Crippen LogP contribution is -2.44. The molecule has 0 unspecified atom stereocenters. The molecule has 0 atom stereocenters. The number of rotatable bonds is 7. The summed E-state index contributed by atoms with van der Waals surface area (Å²) in [6, 6.07) is 3.44. The van der Waals surface area contributed by atoms with Gasteiger partial charge in [-0.1, -0.05) is 22.9 Å². The number of carbonyl (C=O) groups excluding carboxylic acids is 3. The van der Waals surface area contributed by atoms with Crippen LogP contribution in [0.4, 0.5) is 5.13 Å². The second kappa shape index (κ2) is 9.71. The van der Waals surface area contributed by atoms with Crippen LogP contribution < -0.4 is 9.64 Å². The standard InChI is InChI=1S/C18H21ClN4O4S.ClH/c1-21(2)8-9-22(15(26)10-23-13(24)6-7-14(23)25)18-20-16-12(27-3)5-4-11(19)17(16)28-18;/h4-5H,6-10H2,1-3H3;1H. The molecule has 29 heavy (non-hydrogen) atoms. The van der Waals surface area contributed by atoms with Crippen LogP contribution in [0, 0.1) is 0 Å². The average Bonchev–Trinajstić information content (AvgIpc) is 3.22. The van der Waals surface area contributed by atoms with Gasteiger partial charge < -0.3 is 9.64 Å². The molecule has 1 aliphatic heterocycles. The van der Waals surface area contributed by atoms with E-state index in [0.29, 0.717) is 39.2 Å². The van der Waals surface area contributed by atoms with E-state index in [2.05, 4.69) is 4.98 Å². The Labute approximate surface area is 183 Å². The number of imide groups is 1. The van der Waals surface area contributed by atoms with Gasteiger partial charge in [0.2, 0.25) is 17.7 Å². The molecule has 0 spiro atoms. The van der Waals surface area contributed by atoms with Gasteiger partial charge in [-0.25, -0.2) is 4.98 Å². The Morgan fingerprint density at radius 3 is 2.48 bits per heavy atom. The van der Waals surface area contributed by atoms with Crippen LogP contribution in [0.3, 0.4) is 0 Å². The number of halogens is 2. The quantitative estimate of drug-likeness (QED) is 0.589. The summed E-state index contributed by atoms with van der Waals surface area (Å²) < 4.78 is 6.06. The monoisotopic (exact) mass is 460 g/mol. The number of hydrogen-bond donors (Lipinski definition) is 0. The number of hydrogen-bond acceptors (Lipinski definition) is 7. The maximum absolute atomic E-state index is 13.0. The Morgan fingerprint density at radius 2 is 1.90 bits per heavy atom. The molecular formula is C18H22Cl2N4O4S. The number of thiazole rings is 1. The molecule has 1 aromatic carbocycles. The zero-order chi connectivity index (χ0) is 20.4. The molecule has 3 rings (SSSR count). The Bertz CT molecular complexity index is 918. The molecule has 2 aromatic rings. The summed E-state index contributed by atoms with van der Waals surface area (Å²) in [5, 5.41) is 0.969. The van der Waals surface area contributed by atoms with Crippen LogP contribution in [0.2, 0.25) is 5.02 Å². The fourth-order valence-corrected chi connectivity index (χ4v) is 4.17. The van der Waals surface area contributed by atoms with Crippen LogP contribution >= 0.6 is 35.3 Å². The number of ether oxygens (including phenoxy) is 1. The molecule has 1 fully saturated rings. The van der Waals surface area contributed by atoms with Gasteiger partial charge in [0.15, 0.2) is 5.13 Å². The number of methoxy groups -OCH3 is 1. The molecule has 158 valence electrons. The topological polar surface area (TPSA) is 83.0 Å². The molecule has 0 bridgehead atoms. The summed E-state index contributed by atoms with van der Waals surface area (Å²) in [4.78, 5) is 45.8. The molecule has 11 heteroatoms. The summed E-state index contributed by atoms with van der Waals surface area (Å²) >= 11 is 7.57. The number of benzene rings is 1. The van der Waals surface area contributed by atoms with Crippen LogP contribution in [-0.2, 0) is 14.4 Å². The Balaban J connectivity index is 0.00000300. The lowest BCUT2D eigenvalue weighted by molar-refractivity contribution is -0.141. The fourth-order valence-electron chi connectivity index (χ4n) is 2.87. The van der Waals surface area contributed by atoms with E-state index in [1.54, 1.807) is 19.2 Å². The molecular weight excluding hydrogens is 439 g/mol. The number of amides is 3. The second-order valence-corrected chi connectivity index (χ2v) is 8.03. The number of carbonyl (C=O) groups is 3. The molecule has 8 nitrogen and oxygen atoms in total. The zero-order valence-corrected chi connectivity index (χ0v) is 18.7. The Morgan fingerprint density at radius 1 is 1.24 bits per heavy atom. The highest BCUT2D eigenvalue weighted by Crippen LogP contribution is 2.38. The van der Waals surface area contributed by atoms with Crippen molar-refractivity contribution >= 4 is 68.4 Å². The number of aromatic nitrogens is 1. The molecule has 0 N–H and O–H groups in total. The number of nitrogens with zero attached hydrogens (tertiary/aromatic N) is 4. The highest BCUT2D eigenvalue weighted by Gasteiger charge is 2.33. The Kier molecular flexibility index (Phi) is 7.81. The van der Waals surface area contributed by atoms with E-state index in [1.165, 1.54) is 16.2 Å². The lowest BCUT2D eigenvalue weighted by Gasteiger charge is -2.24. The summed E-state index contributed by atoms with van der Waals surface area (Å²) in [5.74, 6) is -0.439. The third kappa shape index (κ3) is 4.98. The molecule has 1 saturated heterocycles. The first-order valence-electron chi connectivity index (χ1n) is 8.73. The van der Waals surface area contributed by atoms with Gasteiger partial charge in [0.1, 0.15) is 17.8 Å². The minimum absolute atomic E-state index is 0. The van der Waals surface area contributed by atoms with E-state index in [4.69, 9.17) is 16.3 Å². The molecule has 1 aromatic heterocycles. The minimum Gasteiger partial charge on any atom is -0.494 e. The first-order valence-corrected chi connectivity index (χ1v) is 9.92. The molecule has 0 saturated carbocycles. The van der Waals surface area contributed by atoms with Crippen molar-refractivity contribution in [2.24, 2.45) is 0 Å². The molecule has 0 radical (unpaired) electrons. The van der Waals surface area contributed by atoms with Gasteiger partial charge in [-0.2, -0.15) is 0 Å². The Hall–Kier alpha value is -1.94. The van der Waals surface area contributed by atoms with Crippen LogP contribution in [0.1, 0.15) is 12.8 Å². The van der Waals surface area contributed by atoms with Gasteiger partial charge >= 0.3 is 0 Å². The summed E-state index contributed by atoms with van der Waals surface area (Å²) in [6.45, 7) is 0.669. The summed E-state index contributed by atoms with van der Waals surface area (Å²) in [6.07, 6.45) is 0.301. The molecule has 0 aliphatic carbocycles. The average molecular weight is 461 g/mol. The highest BCUT2D eigenvalue weighted by atomic mass is 35.5. The normalized spacial score (nSPS) is 13.9.